The van der Waals surface area contributed by atoms with Crippen LogP contribution in [-0.4, -0.2) is 53.5 Å². The Labute approximate surface area is 476 Å². The Bertz CT molecular complexity index is 1740. The van der Waals surface area contributed by atoms with Gasteiger partial charge >= 0.3 is 6.03 Å². The number of anilines is 1. The average Bonchev–Trinajstić information content (AvgIpc) is 3.85. The number of urea groups is 1. The minimum atomic E-state index is -0.147. The molecule has 5 rings (SSSR count). The number of carbonyl (C=O) groups is 1. The Morgan fingerprint density at radius 3 is 1.17 bits per heavy atom. The second kappa shape index (κ2) is 41.5. The zero-order valence-electron chi connectivity index (χ0n) is 51.0. The third-order valence-electron chi connectivity index (χ3n) is 19.1. The zero-order valence-corrected chi connectivity index (χ0v) is 51.0. The third-order valence-corrected chi connectivity index (χ3v) is 19.1. The summed E-state index contributed by atoms with van der Waals surface area (Å²) in [6, 6.07) is 11.7. The normalized spacial score (nSPS) is 23.3. The summed E-state index contributed by atoms with van der Waals surface area (Å²) in [4.78, 5) is 25.7. The summed E-state index contributed by atoms with van der Waals surface area (Å²) >= 11 is 0. The highest BCUT2D eigenvalue weighted by molar-refractivity contribution is 5.94. The van der Waals surface area contributed by atoms with Crippen LogP contribution in [0.3, 0.4) is 0 Å². The van der Waals surface area contributed by atoms with Gasteiger partial charge in [-0.15, -0.1) is 0 Å². The SMILES string of the molecule is CC1(C)CN(C(=O)N2CCC3(CCCCCCCCCCCCCCCCCCCCCCCCCCCCCCCCCCCCCCCCCCCCCCCN(Cc4ccccc4F)CC3)CC2)c2cccnc21. The molecule has 2 amide bonds. The smallest absolute Gasteiger partial charge is 0.324 e. The number of piperidine rings is 1. The minimum Gasteiger partial charge on any atom is -0.324 e. The van der Waals surface area contributed by atoms with E-state index in [4.69, 9.17) is 4.98 Å². The van der Waals surface area contributed by atoms with E-state index in [0.717, 1.165) is 62.4 Å². The Morgan fingerprint density at radius 2 is 0.779 bits per heavy atom. The molecule has 0 bridgehead atoms. The summed E-state index contributed by atoms with van der Waals surface area (Å²) in [5.74, 6) is -0.0733. The zero-order chi connectivity index (χ0) is 54.2. The molecule has 3 aliphatic rings. The van der Waals surface area contributed by atoms with Gasteiger partial charge in [-0.05, 0) is 68.8 Å². The van der Waals surface area contributed by atoms with Crippen LogP contribution in [0, 0.1) is 11.2 Å². The lowest BCUT2D eigenvalue weighted by Gasteiger charge is -2.44. The Balaban J connectivity index is 1.05. The standard InChI is InChI=1S/C71H123FN4O/c1-70(2)64-76(67-53-50-58-73-68(67)70)69(77)75-61-56-71(57-62-75)54-48-44-42-40-38-36-34-32-30-28-26-24-22-20-18-16-14-12-10-8-6-4-3-5-7-9-11-13-15-17-19-21-23-25-27-29-31-33-35-37-39-41-43-45-49-59-74(60-55-71)63-65-51-46-47-52-66(65)72/h46-47,50-53,58H,3-45,48-49,54-57,59-64H2,1-2H3. The molecule has 0 N–H and O–H groups in total. The van der Waals surface area contributed by atoms with Gasteiger partial charge in [0.2, 0.25) is 0 Å². The first kappa shape index (κ1) is 65.3. The lowest BCUT2D eigenvalue weighted by atomic mass is 9.72. The largest absolute Gasteiger partial charge is 0.324 e. The number of hydrogen-bond donors (Lipinski definition) is 0. The van der Waals surface area contributed by atoms with Gasteiger partial charge in [0.15, 0.2) is 0 Å². The number of pyridine rings is 1. The fraction of sp³-hybridized carbons (Fsp3) is 0.831. The molecule has 0 unspecified atom stereocenters. The van der Waals surface area contributed by atoms with Gasteiger partial charge in [-0.1, -0.05) is 315 Å². The van der Waals surface area contributed by atoms with E-state index in [-0.39, 0.29) is 22.7 Å². The maximum atomic E-state index is 15.2. The number of fused-ring (bicyclic) bond motifs is 1. The Kier molecular flexibility index (Phi) is 35.2. The predicted molar refractivity (Wildman–Crippen MR) is 332 cm³/mol. The number of carbonyl (C=O) groups excluding carboxylic acids is 1. The molecule has 1 aromatic carbocycles. The van der Waals surface area contributed by atoms with E-state index in [1.165, 1.54) is 295 Å². The van der Waals surface area contributed by atoms with Crippen LogP contribution in [0.5, 0.6) is 0 Å². The number of aromatic nitrogens is 1. The highest BCUT2D eigenvalue weighted by Gasteiger charge is 2.43. The van der Waals surface area contributed by atoms with E-state index in [9.17, 15) is 4.79 Å². The van der Waals surface area contributed by atoms with Crippen LogP contribution in [0.4, 0.5) is 14.9 Å². The van der Waals surface area contributed by atoms with Crippen molar-refractivity contribution in [2.24, 2.45) is 5.41 Å². The summed E-state index contributed by atoms with van der Waals surface area (Å²) in [5.41, 5.74) is 2.92. The van der Waals surface area contributed by atoms with Crippen molar-refractivity contribution in [1.82, 2.24) is 14.8 Å². The first-order valence-corrected chi connectivity index (χ1v) is 34.3. The van der Waals surface area contributed by atoms with Gasteiger partial charge in [0.1, 0.15) is 5.82 Å². The van der Waals surface area contributed by atoms with Crippen molar-refractivity contribution >= 4 is 11.7 Å². The van der Waals surface area contributed by atoms with E-state index in [1.54, 1.807) is 6.07 Å². The van der Waals surface area contributed by atoms with Gasteiger partial charge in [-0.3, -0.25) is 14.8 Å². The first-order chi connectivity index (χ1) is 37.9. The monoisotopic (exact) mass is 1070 g/mol. The number of halogens is 1. The molecule has 0 atom stereocenters. The molecule has 2 fully saturated rings. The first-order valence-electron chi connectivity index (χ1n) is 34.3. The summed E-state index contributed by atoms with van der Waals surface area (Å²) in [6.07, 6.45) is 70.4. The van der Waals surface area contributed by atoms with E-state index < -0.39 is 0 Å². The number of likely N-dealkylation sites (tertiary alicyclic amines) is 1. The predicted octanol–water partition coefficient (Wildman–Crippen LogP) is 22.4. The highest BCUT2D eigenvalue weighted by atomic mass is 19.1. The van der Waals surface area contributed by atoms with Crippen LogP contribution in [0.15, 0.2) is 42.6 Å². The van der Waals surface area contributed by atoms with Crippen LogP contribution in [-0.2, 0) is 12.0 Å². The molecule has 0 radical (unpaired) electrons. The fourth-order valence-electron chi connectivity index (χ4n) is 13.8. The van der Waals surface area contributed by atoms with Gasteiger partial charge < -0.3 is 4.90 Å². The molecule has 6 heteroatoms. The lowest BCUT2D eigenvalue weighted by molar-refractivity contribution is 0.0842. The fourth-order valence-corrected chi connectivity index (χ4v) is 13.8. The van der Waals surface area contributed by atoms with Gasteiger partial charge in [0, 0.05) is 43.4 Å². The molecule has 1 aromatic heterocycles. The molecular weight excluding hydrogens is 944 g/mol. The molecule has 4 heterocycles. The second-order valence-corrected chi connectivity index (χ2v) is 26.4. The number of hydrogen-bond acceptors (Lipinski definition) is 3. The van der Waals surface area contributed by atoms with Gasteiger partial charge in [0.05, 0.1) is 11.4 Å². The van der Waals surface area contributed by atoms with Gasteiger partial charge in [0.25, 0.3) is 0 Å². The Morgan fingerprint density at radius 1 is 0.429 bits per heavy atom. The molecule has 2 aromatic rings. The molecule has 440 valence electrons. The van der Waals surface area contributed by atoms with Crippen molar-refractivity contribution in [2.45, 2.75) is 340 Å². The Hall–Kier alpha value is -2.47. The number of nitrogens with zero attached hydrogens (tertiary/aromatic N) is 4. The summed E-state index contributed by atoms with van der Waals surface area (Å²) < 4.78 is 15.2. The molecule has 0 saturated carbocycles. The molecule has 0 aliphatic carbocycles. The molecular formula is C71H123FN4O. The molecule has 3 aliphatic heterocycles. The number of benzene rings is 1. The quantitative estimate of drug-likeness (QED) is 0.301. The van der Waals surface area contributed by atoms with Crippen molar-refractivity contribution in [3.05, 3.63) is 59.7 Å². The van der Waals surface area contributed by atoms with Crippen LogP contribution in [0.25, 0.3) is 0 Å². The summed E-state index contributed by atoms with van der Waals surface area (Å²) in [5, 5.41) is 0. The van der Waals surface area contributed by atoms with Crippen LogP contribution in [0.2, 0.25) is 0 Å². The molecule has 2 saturated heterocycles. The van der Waals surface area contributed by atoms with E-state index in [0.29, 0.717) is 13.1 Å². The summed E-state index contributed by atoms with van der Waals surface area (Å²) in [7, 11) is 0. The minimum absolute atomic E-state index is 0.0733. The molecule has 1 spiro atoms. The van der Waals surface area contributed by atoms with Crippen molar-refractivity contribution in [3.63, 3.8) is 0 Å². The highest BCUT2D eigenvalue weighted by Crippen LogP contribution is 2.43. The van der Waals surface area contributed by atoms with Crippen molar-refractivity contribution in [3.8, 4) is 0 Å². The molecule has 5 nitrogen and oxygen atoms in total. The lowest BCUT2D eigenvalue weighted by Crippen LogP contribution is -2.50. The van der Waals surface area contributed by atoms with Crippen LogP contribution in [0.1, 0.15) is 340 Å². The van der Waals surface area contributed by atoms with Crippen molar-refractivity contribution < 1.29 is 9.18 Å². The van der Waals surface area contributed by atoms with E-state index in [2.05, 4.69) is 29.7 Å². The number of rotatable bonds is 2. The van der Waals surface area contributed by atoms with Crippen molar-refractivity contribution in [1.29, 1.82) is 0 Å². The van der Waals surface area contributed by atoms with E-state index >= 15 is 4.39 Å². The average molecular weight is 1070 g/mol. The third kappa shape index (κ3) is 28.2. The topological polar surface area (TPSA) is 39.7 Å². The van der Waals surface area contributed by atoms with Crippen LogP contribution >= 0.6 is 0 Å². The van der Waals surface area contributed by atoms with Gasteiger partial charge in [-0.2, -0.15) is 0 Å². The van der Waals surface area contributed by atoms with Crippen LogP contribution < -0.4 is 4.90 Å². The maximum Gasteiger partial charge on any atom is 0.324 e. The van der Waals surface area contributed by atoms with Gasteiger partial charge in [-0.25, -0.2) is 9.18 Å². The van der Waals surface area contributed by atoms with E-state index in [1.807, 2.05) is 35.4 Å². The van der Waals surface area contributed by atoms with Crippen molar-refractivity contribution in [2.75, 3.05) is 37.6 Å². The summed E-state index contributed by atoms with van der Waals surface area (Å²) in [6.45, 7) is 9.47. The second-order valence-electron chi connectivity index (χ2n) is 26.4. The maximum absolute atomic E-state index is 15.2. The molecule has 77 heavy (non-hydrogen) atoms. The number of amides is 2.